The van der Waals surface area contributed by atoms with Crippen molar-refractivity contribution in [1.29, 1.82) is 0 Å². The fourth-order valence-corrected chi connectivity index (χ4v) is 13.6. The van der Waals surface area contributed by atoms with Gasteiger partial charge in [0.15, 0.2) is 18.4 Å². The van der Waals surface area contributed by atoms with Crippen molar-refractivity contribution >= 4 is 5.78 Å². The normalized spacial score (nSPS) is 52.1. The summed E-state index contributed by atoms with van der Waals surface area (Å²) in [6, 6.07) is 0. The molecule has 4 aliphatic carbocycles. The van der Waals surface area contributed by atoms with Crippen molar-refractivity contribution in [1.82, 2.24) is 0 Å². The molecule has 4 aliphatic heterocycles. The summed E-state index contributed by atoms with van der Waals surface area (Å²) in [6.45, 7) is 14.0. The predicted molar refractivity (Wildman–Crippen MR) is 214 cm³/mol. The first-order valence-corrected chi connectivity index (χ1v) is 23.3. The number of Topliss-reactive ketones (excluding diaryl/α,β-unsaturated/α-hetero) is 1. The van der Waals surface area contributed by atoms with Crippen molar-refractivity contribution in [2.75, 3.05) is 46.6 Å². The van der Waals surface area contributed by atoms with Gasteiger partial charge < -0.3 is 72.9 Å². The van der Waals surface area contributed by atoms with E-state index in [1.807, 2.05) is 6.92 Å². The third-order valence-electron chi connectivity index (χ3n) is 16.8. The maximum Gasteiger partial charge on any atom is 0.187 e. The summed E-state index contributed by atoms with van der Waals surface area (Å²) in [7, 11) is 0. The first-order valence-electron chi connectivity index (χ1n) is 23.3. The van der Waals surface area contributed by atoms with Crippen molar-refractivity contribution in [3.05, 3.63) is 0 Å². The number of aliphatic hydroxyl groups excluding tert-OH is 5. The van der Waals surface area contributed by atoms with E-state index in [0.717, 1.165) is 45.1 Å². The Labute approximate surface area is 360 Å². The number of fused-ring (bicyclic) bond motifs is 7. The van der Waals surface area contributed by atoms with Gasteiger partial charge in [0.2, 0.25) is 0 Å². The molecule has 0 amide bonds. The molecule has 8 aliphatic rings. The van der Waals surface area contributed by atoms with Crippen LogP contribution in [0.15, 0.2) is 0 Å². The molecule has 16 heteroatoms. The summed E-state index contributed by atoms with van der Waals surface area (Å²) in [4.78, 5) is 14.6. The average Bonchev–Trinajstić information content (AvgIpc) is 3.68. The molecule has 16 nitrogen and oxygen atoms in total. The lowest BCUT2D eigenvalue weighted by Crippen LogP contribution is -2.65. The lowest BCUT2D eigenvalue weighted by molar-refractivity contribution is -0.366. The van der Waals surface area contributed by atoms with Crippen LogP contribution in [0.4, 0.5) is 0 Å². The Balaban J connectivity index is 0.913. The van der Waals surface area contributed by atoms with Gasteiger partial charge in [-0.05, 0) is 99.2 Å². The van der Waals surface area contributed by atoms with E-state index in [4.69, 9.17) is 47.4 Å². The van der Waals surface area contributed by atoms with Crippen LogP contribution in [0.1, 0.15) is 99.3 Å². The zero-order valence-corrected chi connectivity index (χ0v) is 37.0. The minimum absolute atomic E-state index is 0.0175. The minimum Gasteiger partial charge on any atom is -0.387 e. The number of carbonyl (C=O) groups is 1. The summed E-state index contributed by atoms with van der Waals surface area (Å²) >= 11 is 0. The van der Waals surface area contributed by atoms with Crippen LogP contribution >= 0.6 is 0 Å². The zero-order chi connectivity index (χ0) is 43.4. The molecule has 0 aromatic heterocycles. The van der Waals surface area contributed by atoms with E-state index >= 15 is 0 Å². The molecule has 4 heterocycles. The summed E-state index contributed by atoms with van der Waals surface area (Å²) in [5.41, 5.74) is -0.288. The number of rotatable bonds is 14. The molecule has 4 saturated carbocycles. The van der Waals surface area contributed by atoms with Gasteiger partial charge in [0.1, 0.15) is 68.2 Å². The highest BCUT2D eigenvalue weighted by Crippen LogP contribution is 2.70. The fourth-order valence-electron chi connectivity index (χ4n) is 13.6. The van der Waals surface area contributed by atoms with Crippen LogP contribution in [0.25, 0.3) is 0 Å². The molecular formula is C45H74O16. The second-order valence-corrected chi connectivity index (χ2v) is 20.3. The standard InChI is InChI=1S/C45H74O16/c1-7-52-21-54-19-31-35(47)36(48)38(50)42(58-31)60-40-32(20-55-22-53-8-2)59-41(39(51)37(40)49)57-26-12-13-43(5)25(15-26)9-10-27-28-16-30-33(44(28,6)17-29(46)34(27)43)24(4)45(61-30)14-11-23(3)18-56-45/h23-28,30-42,47-51H,7-22H2,1-6H3/t23-,24+,25+,26+,27?,28?,30?,31+,32+,33?,34?,35-,36+,37-,38+,39+,40-,41-,42+,43+,44+,45-/m1/s1. The summed E-state index contributed by atoms with van der Waals surface area (Å²) < 4.78 is 59.9. The van der Waals surface area contributed by atoms with E-state index in [1.165, 1.54) is 0 Å². The highest BCUT2D eigenvalue weighted by atomic mass is 16.8. The Morgan fingerprint density at radius 1 is 0.721 bits per heavy atom. The lowest BCUT2D eigenvalue weighted by Gasteiger charge is -2.60. The summed E-state index contributed by atoms with van der Waals surface area (Å²) in [5.74, 6) is 1.94. The van der Waals surface area contributed by atoms with Gasteiger partial charge >= 0.3 is 0 Å². The Morgan fingerprint density at radius 2 is 1.39 bits per heavy atom. The molecule has 5 N–H and O–H groups in total. The quantitative estimate of drug-likeness (QED) is 0.0966. The van der Waals surface area contributed by atoms with Crippen molar-refractivity contribution < 1.29 is 77.7 Å². The Bertz CT molecular complexity index is 1480. The van der Waals surface area contributed by atoms with Gasteiger partial charge in [0.25, 0.3) is 0 Å². The number of hydrogen-bond acceptors (Lipinski definition) is 16. The highest BCUT2D eigenvalue weighted by molar-refractivity contribution is 5.84. The number of ketones is 1. The zero-order valence-electron chi connectivity index (χ0n) is 37.0. The molecule has 8 rings (SSSR count). The minimum atomic E-state index is -1.70. The number of carbonyl (C=O) groups excluding carboxylic acids is 1. The predicted octanol–water partition coefficient (Wildman–Crippen LogP) is 2.66. The van der Waals surface area contributed by atoms with Gasteiger partial charge in [-0.2, -0.15) is 0 Å². The number of ether oxygens (including phenoxy) is 10. The number of aliphatic hydroxyl groups is 5. The second kappa shape index (κ2) is 18.8. The van der Waals surface area contributed by atoms with E-state index in [0.29, 0.717) is 61.9 Å². The van der Waals surface area contributed by atoms with E-state index in [2.05, 4.69) is 27.7 Å². The monoisotopic (exact) mass is 870 g/mol. The van der Waals surface area contributed by atoms with Crippen LogP contribution in [0, 0.1) is 52.3 Å². The molecule has 5 unspecified atom stereocenters. The molecule has 0 radical (unpaired) electrons. The van der Waals surface area contributed by atoms with Gasteiger partial charge in [-0.15, -0.1) is 0 Å². The third kappa shape index (κ3) is 8.54. The van der Waals surface area contributed by atoms with Crippen LogP contribution in [-0.4, -0.2) is 157 Å². The Hall–Kier alpha value is -0.930. The first-order chi connectivity index (χ1) is 29.2. The molecule has 350 valence electrons. The van der Waals surface area contributed by atoms with Crippen LogP contribution in [0.2, 0.25) is 0 Å². The highest BCUT2D eigenvalue weighted by Gasteiger charge is 2.71. The van der Waals surface area contributed by atoms with Crippen LogP contribution < -0.4 is 0 Å². The summed E-state index contributed by atoms with van der Waals surface area (Å²) in [6.07, 6.45) is -6.59. The SMILES string of the molecule is CCOCOC[C@@H]1O[C@@H](O[C@H]2[C@H](O)[C@H](O)[C@H](O[C@H]3CC[C@]4(C)C5C(=O)C[C@@]6(C)C(CC7O[C@]8(CC[C@@H](C)CO8)[C@@H](C)C76)C5CC[C@H]4C3)O[C@H]2COCOCC)[C@@H](O)[C@@H](O)[C@@H]1O. The molecule has 22 atom stereocenters. The van der Waals surface area contributed by atoms with Gasteiger partial charge in [0, 0.05) is 37.9 Å². The van der Waals surface area contributed by atoms with Crippen molar-refractivity contribution in [2.45, 2.75) is 179 Å². The van der Waals surface area contributed by atoms with Crippen LogP contribution in [0.5, 0.6) is 0 Å². The van der Waals surface area contributed by atoms with Gasteiger partial charge in [-0.25, -0.2) is 0 Å². The second-order valence-electron chi connectivity index (χ2n) is 20.3. The first kappa shape index (κ1) is 46.6. The maximum absolute atomic E-state index is 14.6. The van der Waals surface area contributed by atoms with Gasteiger partial charge in [-0.3, -0.25) is 4.79 Å². The van der Waals surface area contributed by atoms with Gasteiger partial charge in [-0.1, -0.05) is 27.7 Å². The largest absolute Gasteiger partial charge is 0.387 e. The van der Waals surface area contributed by atoms with Crippen molar-refractivity contribution in [3.8, 4) is 0 Å². The molecule has 61 heavy (non-hydrogen) atoms. The topological polar surface area (TPSA) is 211 Å². The Morgan fingerprint density at radius 3 is 2.08 bits per heavy atom. The van der Waals surface area contributed by atoms with E-state index < -0.39 is 67.2 Å². The Kier molecular flexibility index (Phi) is 14.3. The summed E-state index contributed by atoms with van der Waals surface area (Å²) in [5, 5.41) is 55.2. The molecular weight excluding hydrogens is 796 g/mol. The van der Waals surface area contributed by atoms with Gasteiger partial charge in [0.05, 0.1) is 32.0 Å². The molecule has 1 spiro atoms. The molecule has 0 bridgehead atoms. The van der Waals surface area contributed by atoms with Crippen LogP contribution in [0.3, 0.4) is 0 Å². The smallest absolute Gasteiger partial charge is 0.187 e. The number of hydrogen-bond donors (Lipinski definition) is 5. The van der Waals surface area contributed by atoms with E-state index in [9.17, 15) is 30.3 Å². The van der Waals surface area contributed by atoms with E-state index in [1.54, 1.807) is 6.92 Å². The van der Waals surface area contributed by atoms with Crippen LogP contribution in [-0.2, 0) is 52.2 Å². The molecule has 4 saturated heterocycles. The fraction of sp³-hybridized carbons (Fsp3) is 0.978. The third-order valence-corrected chi connectivity index (χ3v) is 16.8. The van der Waals surface area contributed by atoms with Crippen molar-refractivity contribution in [2.24, 2.45) is 52.3 Å². The maximum atomic E-state index is 14.6. The van der Waals surface area contributed by atoms with Crippen molar-refractivity contribution in [3.63, 3.8) is 0 Å². The average molecular weight is 871 g/mol. The lowest BCUT2D eigenvalue weighted by atomic mass is 9.44. The molecule has 8 fully saturated rings. The molecule has 0 aromatic carbocycles. The molecule has 0 aromatic rings. The van der Waals surface area contributed by atoms with E-state index in [-0.39, 0.29) is 67.6 Å².